The molecule has 1 aromatic rings. The number of ketones is 1. The number of nitro groups is 1. The van der Waals surface area contributed by atoms with E-state index in [1.54, 1.807) is 0 Å². The Morgan fingerprint density at radius 2 is 2.47 bits per heavy atom. The van der Waals surface area contributed by atoms with Gasteiger partial charge in [0.25, 0.3) is 4.73 Å². The first-order chi connectivity index (χ1) is 8.08. The van der Waals surface area contributed by atoms with E-state index < -0.39 is 10.9 Å². The molecule has 0 aliphatic carbocycles. The van der Waals surface area contributed by atoms with Crippen molar-refractivity contribution in [3.05, 3.63) is 14.8 Å². The van der Waals surface area contributed by atoms with Gasteiger partial charge in [0.05, 0.1) is 6.61 Å². The van der Waals surface area contributed by atoms with Crippen LogP contribution in [0.2, 0.25) is 0 Å². The second-order valence-electron chi connectivity index (χ2n) is 3.62. The summed E-state index contributed by atoms with van der Waals surface area (Å²) in [5.74, 6) is -0.722. The number of aromatic nitrogens is 3. The van der Waals surface area contributed by atoms with Crippen LogP contribution in [-0.2, 0) is 16.1 Å². The first kappa shape index (κ1) is 12.1. The fraction of sp³-hybridized carbons (Fsp3) is 0.625. The first-order valence-corrected chi connectivity index (χ1v) is 5.72. The summed E-state index contributed by atoms with van der Waals surface area (Å²) in [5.41, 5.74) is 0. The molecule has 0 amide bonds. The van der Waals surface area contributed by atoms with Crippen molar-refractivity contribution in [1.82, 2.24) is 14.8 Å². The topological polar surface area (TPSA) is 100 Å². The summed E-state index contributed by atoms with van der Waals surface area (Å²) < 4.78 is 6.46. The molecule has 9 heteroatoms. The van der Waals surface area contributed by atoms with Crippen molar-refractivity contribution in [2.75, 3.05) is 13.2 Å². The highest BCUT2D eigenvalue weighted by Gasteiger charge is 2.27. The Hall–Kier alpha value is -1.35. The van der Waals surface area contributed by atoms with E-state index in [9.17, 15) is 14.9 Å². The molecular weight excluding hydrogens is 296 g/mol. The number of Topliss-reactive ketones (excluding diaryl/α,β-unsaturated/α-hetero) is 1. The van der Waals surface area contributed by atoms with Crippen LogP contribution < -0.4 is 0 Å². The Bertz CT molecular complexity index is 454. The van der Waals surface area contributed by atoms with Crippen molar-refractivity contribution < 1.29 is 14.5 Å². The molecule has 0 bridgehead atoms. The van der Waals surface area contributed by atoms with Crippen LogP contribution in [0.4, 0.5) is 5.95 Å². The van der Waals surface area contributed by atoms with E-state index >= 15 is 0 Å². The molecule has 1 fully saturated rings. The molecule has 1 saturated heterocycles. The van der Waals surface area contributed by atoms with E-state index in [2.05, 4.69) is 26.0 Å². The molecule has 0 aromatic carbocycles. The van der Waals surface area contributed by atoms with Gasteiger partial charge in [0.1, 0.15) is 6.54 Å². The minimum Gasteiger partial charge on any atom is -0.390 e. The Morgan fingerprint density at radius 1 is 1.71 bits per heavy atom. The molecule has 8 nitrogen and oxygen atoms in total. The smallest absolute Gasteiger partial charge is 0.390 e. The van der Waals surface area contributed by atoms with Crippen LogP contribution >= 0.6 is 15.9 Å². The maximum absolute atomic E-state index is 11.8. The largest absolute Gasteiger partial charge is 0.492 e. The third-order valence-corrected chi connectivity index (χ3v) is 3.06. The summed E-state index contributed by atoms with van der Waals surface area (Å²) in [6, 6.07) is 0. The lowest BCUT2D eigenvalue weighted by molar-refractivity contribution is -0.394. The summed E-state index contributed by atoms with van der Waals surface area (Å²) in [6.07, 6.45) is 0.688. The van der Waals surface area contributed by atoms with Crippen LogP contribution in [0.3, 0.4) is 0 Å². The number of carbonyl (C=O) groups excluding carboxylic acids is 1. The Morgan fingerprint density at radius 3 is 3.00 bits per heavy atom. The second kappa shape index (κ2) is 4.88. The molecule has 2 rings (SSSR count). The number of hydrogen-bond acceptors (Lipinski definition) is 6. The molecule has 0 N–H and O–H groups in total. The fourth-order valence-electron chi connectivity index (χ4n) is 1.55. The normalized spacial score (nSPS) is 19.5. The van der Waals surface area contributed by atoms with Gasteiger partial charge in [0.2, 0.25) is 0 Å². The minimum atomic E-state index is -0.704. The van der Waals surface area contributed by atoms with E-state index in [1.807, 2.05) is 0 Å². The molecule has 1 aliphatic heterocycles. The highest BCUT2D eigenvalue weighted by atomic mass is 79.9. The van der Waals surface area contributed by atoms with Gasteiger partial charge in [-0.15, -0.1) is 0 Å². The van der Waals surface area contributed by atoms with E-state index in [0.717, 1.165) is 0 Å². The van der Waals surface area contributed by atoms with Crippen molar-refractivity contribution in [1.29, 1.82) is 0 Å². The number of carbonyl (C=O) groups is 1. The molecule has 0 saturated carbocycles. The summed E-state index contributed by atoms with van der Waals surface area (Å²) in [5, 5.41) is 14.1. The third-order valence-electron chi connectivity index (χ3n) is 2.47. The zero-order valence-electron chi connectivity index (χ0n) is 8.71. The van der Waals surface area contributed by atoms with Crippen molar-refractivity contribution >= 4 is 27.7 Å². The van der Waals surface area contributed by atoms with Gasteiger partial charge in [-0.3, -0.25) is 4.79 Å². The lowest BCUT2D eigenvalue weighted by Gasteiger charge is -2.04. The lowest BCUT2D eigenvalue weighted by Crippen LogP contribution is -2.21. The van der Waals surface area contributed by atoms with Crippen LogP contribution in [0.25, 0.3) is 0 Å². The van der Waals surface area contributed by atoms with Gasteiger partial charge in [-0.25, -0.2) is 0 Å². The number of halogens is 1. The van der Waals surface area contributed by atoms with Gasteiger partial charge in [-0.1, -0.05) is 0 Å². The van der Waals surface area contributed by atoms with Crippen molar-refractivity contribution in [2.45, 2.75) is 13.0 Å². The zero-order valence-corrected chi connectivity index (χ0v) is 10.3. The quantitative estimate of drug-likeness (QED) is 0.595. The molecule has 1 unspecified atom stereocenters. The molecule has 92 valence electrons. The van der Waals surface area contributed by atoms with Crippen LogP contribution in [0.1, 0.15) is 6.42 Å². The van der Waals surface area contributed by atoms with Crippen LogP contribution in [-0.4, -0.2) is 38.7 Å². The summed E-state index contributed by atoms with van der Waals surface area (Å²) in [7, 11) is 0. The maximum atomic E-state index is 11.8. The first-order valence-electron chi connectivity index (χ1n) is 4.93. The molecular formula is C8H9BrN4O4. The standard InChI is InChI=1S/C8H9BrN4O4/c9-7-10-8(13(15)16)11-12(7)3-6(14)5-1-2-17-4-5/h5H,1-4H2. The van der Waals surface area contributed by atoms with E-state index in [1.165, 1.54) is 4.68 Å². The Balaban J connectivity index is 2.07. The molecule has 0 spiro atoms. The van der Waals surface area contributed by atoms with Gasteiger partial charge in [-0.2, -0.15) is 4.68 Å². The number of hydrogen-bond donors (Lipinski definition) is 0. The third kappa shape index (κ3) is 2.67. The fourth-order valence-corrected chi connectivity index (χ4v) is 1.92. The predicted molar refractivity (Wildman–Crippen MR) is 58.3 cm³/mol. The SMILES string of the molecule is O=C(Cn1nc([N+](=O)[O-])nc1Br)C1CCOC1. The van der Waals surface area contributed by atoms with Crippen LogP contribution in [0.15, 0.2) is 4.73 Å². The van der Waals surface area contributed by atoms with E-state index in [4.69, 9.17) is 4.74 Å². The average Bonchev–Trinajstić information content (AvgIpc) is 2.88. The van der Waals surface area contributed by atoms with Crippen LogP contribution in [0, 0.1) is 16.0 Å². The number of nitrogens with zero attached hydrogens (tertiary/aromatic N) is 4. The molecule has 1 atom stereocenters. The molecule has 2 heterocycles. The van der Waals surface area contributed by atoms with Gasteiger partial charge >= 0.3 is 5.95 Å². The highest BCUT2D eigenvalue weighted by Crippen LogP contribution is 2.17. The molecule has 17 heavy (non-hydrogen) atoms. The van der Waals surface area contributed by atoms with Crippen molar-refractivity contribution in [3.63, 3.8) is 0 Å². The molecule has 1 aromatic heterocycles. The second-order valence-corrected chi connectivity index (χ2v) is 4.33. The van der Waals surface area contributed by atoms with E-state index in [0.29, 0.717) is 19.6 Å². The van der Waals surface area contributed by atoms with Gasteiger partial charge < -0.3 is 14.9 Å². The van der Waals surface area contributed by atoms with Gasteiger partial charge in [0, 0.05) is 33.6 Å². The monoisotopic (exact) mass is 304 g/mol. The van der Waals surface area contributed by atoms with Crippen molar-refractivity contribution in [3.8, 4) is 0 Å². The number of ether oxygens (including phenoxy) is 1. The maximum Gasteiger partial charge on any atom is 0.492 e. The Kier molecular flexibility index (Phi) is 3.48. The Labute approximate surface area is 104 Å². The highest BCUT2D eigenvalue weighted by molar-refractivity contribution is 9.10. The summed E-state index contributed by atoms with van der Waals surface area (Å²) in [6.45, 7) is 0.956. The molecule has 1 aliphatic rings. The predicted octanol–water partition coefficient (Wildman–Crippen LogP) is 0.554. The van der Waals surface area contributed by atoms with Crippen LogP contribution in [0.5, 0.6) is 0 Å². The number of rotatable bonds is 4. The summed E-state index contributed by atoms with van der Waals surface area (Å²) >= 11 is 3.02. The van der Waals surface area contributed by atoms with Gasteiger partial charge in [-0.05, 0) is 16.3 Å². The van der Waals surface area contributed by atoms with Gasteiger partial charge in [0.15, 0.2) is 5.78 Å². The molecule has 0 radical (unpaired) electrons. The van der Waals surface area contributed by atoms with E-state index in [-0.39, 0.29) is 23.0 Å². The average molecular weight is 305 g/mol. The summed E-state index contributed by atoms with van der Waals surface area (Å²) in [4.78, 5) is 25.1. The van der Waals surface area contributed by atoms with Crippen molar-refractivity contribution in [2.24, 2.45) is 5.92 Å². The lowest BCUT2D eigenvalue weighted by atomic mass is 10.0. The zero-order chi connectivity index (χ0) is 12.4. The minimum absolute atomic E-state index is 0.0323.